The third-order valence-corrected chi connectivity index (χ3v) is 5.75. The first-order valence-corrected chi connectivity index (χ1v) is 10.4. The minimum Gasteiger partial charge on any atom is -0.497 e. The lowest BCUT2D eigenvalue weighted by atomic mass is 10.0. The van der Waals surface area contributed by atoms with Crippen LogP contribution in [0.15, 0.2) is 24.3 Å². The molecule has 0 aromatic heterocycles. The summed E-state index contributed by atoms with van der Waals surface area (Å²) in [4.78, 5) is 12.0. The number of benzene rings is 1. The Morgan fingerprint density at radius 3 is 2.59 bits per heavy atom. The van der Waals surface area contributed by atoms with E-state index in [1.54, 1.807) is 31.2 Å². The second kappa shape index (κ2) is 9.50. The molecule has 27 heavy (non-hydrogen) atoms. The van der Waals surface area contributed by atoms with E-state index in [0.717, 1.165) is 0 Å². The highest BCUT2D eigenvalue weighted by atomic mass is 32.2. The number of morpholine rings is 1. The van der Waals surface area contributed by atoms with Gasteiger partial charge in [0.05, 0.1) is 38.4 Å². The van der Waals surface area contributed by atoms with Crippen LogP contribution in [0.25, 0.3) is 0 Å². The summed E-state index contributed by atoms with van der Waals surface area (Å²) in [6, 6.07) is 6.19. The number of methoxy groups -OCH3 is 1. The van der Waals surface area contributed by atoms with Crippen LogP contribution in [0.5, 0.6) is 5.75 Å². The van der Waals surface area contributed by atoms with Gasteiger partial charge in [0, 0.05) is 13.1 Å². The molecule has 0 spiro atoms. The fourth-order valence-electron chi connectivity index (χ4n) is 3.05. The first-order chi connectivity index (χ1) is 12.7. The molecule has 1 aliphatic heterocycles. The fraction of sp³-hybridized carbons (Fsp3) is 0.611. The zero-order valence-electron chi connectivity index (χ0n) is 16.2. The number of carbonyl (C=O) groups is 1. The summed E-state index contributed by atoms with van der Waals surface area (Å²) in [7, 11) is -2.29. The first-order valence-electron chi connectivity index (χ1n) is 8.97. The molecule has 1 heterocycles. The molecule has 1 aliphatic rings. The van der Waals surface area contributed by atoms with Gasteiger partial charge in [0.2, 0.25) is 0 Å². The molecule has 1 saturated heterocycles. The molecule has 0 amide bonds. The van der Waals surface area contributed by atoms with Crippen molar-refractivity contribution in [3.63, 3.8) is 0 Å². The lowest BCUT2D eigenvalue weighted by Gasteiger charge is -2.35. The van der Waals surface area contributed by atoms with Crippen LogP contribution in [0.1, 0.15) is 38.8 Å². The Morgan fingerprint density at radius 1 is 1.33 bits per heavy atom. The Kier molecular flexibility index (Phi) is 7.60. The summed E-state index contributed by atoms with van der Waals surface area (Å²) in [6.45, 7) is 6.11. The molecule has 0 aliphatic carbocycles. The average molecular weight is 400 g/mol. The highest BCUT2D eigenvalue weighted by molar-refractivity contribution is 7.87. The molecular formula is C18H28N2O6S. The SMILES string of the molecule is CCOC(=O)CC(NS(=O)(=O)N1CC(C)OC(C)C1)c1cccc(OC)c1. The summed E-state index contributed by atoms with van der Waals surface area (Å²) in [5.41, 5.74) is 0.625. The monoisotopic (exact) mass is 400 g/mol. The third-order valence-electron chi connectivity index (χ3n) is 4.19. The van der Waals surface area contributed by atoms with Crippen molar-refractivity contribution >= 4 is 16.2 Å². The van der Waals surface area contributed by atoms with Crippen molar-refractivity contribution in [2.75, 3.05) is 26.8 Å². The van der Waals surface area contributed by atoms with Crippen LogP contribution in [0.2, 0.25) is 0 Å². The predicted molar refractivity (Wildman–Crippen MR) is 101 cm³/mol. The number of nitrogens with one attached hydrogen (secondary N) is 1. The molecule has 8 nitrogen and oxygen atoms in total. The number of carbonyl (C=O) groups excluding carboxylic acids is 1. The molecule has 1 fully saturated rings. The topological polar surface area (TPSA) is 94.2 Å². The molecule has 0 bridgehead atoms. The zero-order chi connectivity index (χ0) is 20.0. The Bertz CT molecular complexity index is 729. The largest absolute Gasteiger partial charge is 0.497 e. The van der Waals surface area contributed by atoms with Crippen molar-refractivity contribution in [1.29, 1.82) is 0 Å². The Labute approximate surface area is 161 Å². The van der Waals surface area contributed by atoms with Crippen molar-refractivity contribution in [3.8, 4) is 5.75 Å². The maximum atomic E-state index is 12.9. The molecule has 0 radical (unpaired) electrons. The number of hydrogen-bond donors (Lipinski definition) is 1. The van der Waals surface area contributed by atoms with Gasteiger partial charge >= 0.3 is 5.97 Å². The smallest absolute Gasteiger partial charge is 0.307 e. The van der Waals surface area contributed by atoms with E-state index in [0.29, 0.717) is 11.3 Å². The summed E-state index contributed by atoms with van der Waals surface area (Å²) >= 11 is 0. The lowest BCUT2D eigenvalue weighted by Crippen LogP contribution is -2.52. The van der Waals surface area contributed by atoms with Crippen molar-refractivity contribution < 1.29 is 27.4 Å². The summed E-state index contributed by atoms with van der Waals surface area (Å²) in [6.07, 6.45) is -0.522. The second-order valence-corrected chi connectivity index (χ2v) is 8.24. The quantitative estimate of drug-likeness (QED) is 0.667. The van der Waals surface area contributed by atoms with E-state index >= 15 is 0 Å². The average Bonchev–Trinajstić information content (AvgIpc) is 2.60. The van der Waals surface area contributed by atoms with Crippen LogP contribution < -0.4 is 9.46 Å². The van der Waals surface area contributed by atoms with E-state index in [1.807, 2.05) is 13.8 Å². The molecule has 1 aromatic rings. The minimum atomic E-state index is -3.82. The van der Waals surface area contributed by atoms with Crippen LogP contribution in [0, 0.1) is 0 Å². The van der Waals surface area contributed by atoms with E-state index in [-0.39, 0.29) is 38.3 Å². The van der Waals surface area contributed by atoms with Gasteiger partial charge in [0.25, 0.3) is 10.2 Å². The number of ether oxygens (including phenoxy) is 3. The molecule has 1 aromatic carbocycles. The molecule has 152 valence electrons. The molecule has 3 atom stereocenters. The molecule has 3 unspecified atom stereocenters. The molecular weight excluding hydrogens is 372 g/mol. The highest BCUT2D eigenvalue weighted by Gasteiger charge is 2.33. The van der Waals surface area contributed by atoms with Crippen LogP contribution in [0.4, 0.5) is 0 Å². The van der Waals surface area contributed by atoms with Gasteiger partial charge in [-0.2, -0.15) is 17.4 Å². The molecule has 0 saturated carbocycles. The van der Waals surface area contributed by atoms with Gasteiger partial charge < -0.3 is 14.2 Å². The molecule has 2 rings (SSSR count). The minimum absolute atomic E-state index is 0.115. The van der Waals surface area contributed by atoms with Crippen molar-refractivity contribution in [2.45, 2.75) is 45.4 Å². The maximum Gasteiger partial charge on any atom is 0.307 e. The predicted octanol–water partition coefficient (Wildman–Crippen LogP) is 1.63. The Hall–Kier alpha value is -1.68. The van der Waals surface area contributed by atoms with Gasteiger partial charge in [-0.25, -0.2) is 0 Å². The van der Waals surface area contributed by atoms with Crippen LogP contribution in [0.3, 0.4) is 0 Å². The van der Waals surface area contributed by atoms with Gasteiger partial charge in [0.15, 0.2) is 0 Å². The highest BCUT2D eigenvalue weighted by Crippen LogP contribution is 2.24. The van der Waals surface area contributed by atoms with Gasteiger partial charge in [-0.1, -0.05) is 12.1 Å². The number of rotatable bonds is 8. The Balaban J connectivity index is 2.25. The summed E-state index contributed by atoms with van der Waals surface area (Å²) in [5.74, 6) is 0.103. The van der Waals surface area contributed by atoms with Crippen LogP contribution in [-0.4, -0.2) is 57.7 Å². The normalized spacial score (nSPS) is 22.2. The molecule has 1 N–H and O–H groups in total. The summed E-state index contributed by atoms with van der Waals surface area (Å²) in [5, 5.41) is 0. The Morgan fingerprint density at radius 2 is 2.00 bits per heavy atom. The maximum absolute atomic E-state index is 12.9. The van der Waals surface area contributed by atoms with Crippen LogP contribution >= 0.6 is 0 Å². The van der Waals surface area contributed by atoms with E-state index in [1.165, 1.54) is 11.4 Å². The number of esters is 1. The van der Waals surface area contributed by atoms with E-state index < -0.39 is 22.2 Å². The van der Waals surface area contributed by atoms with Crippen molar-refractivity contribution in [3.05, 3.63) is 29.8 Å². The first kappa shape index (κ1) is 21.6. The van der Waals surface area contributed by atoms with Gasteiger partial charge in [-0.3, -0.25) is 4.79 Å². The van der Waals surface area contributed by atoms with E-state index in [9.17, 15) is 13.2 Å². The van der Waals surface area contributed by atoms with Gasteiger partial charge in [-0.05, 0) is 38.5 Å². The molecule has 9 heteroatoms. The number of hydrogen-bond acceptors (Lipinski definition) is 6. The standard InChI is InChI=1S/C18H28N2O6S/c1-5-25-18(21)10-17(15-7-6-8-16(9-15)24-4)19-27(22,23)20-11-13(2)26-14(3)12-20/h6-9,13-14,17,19H,5,10-12H2,1-4H3. The van der Waals surface area contributed by atoms with Gasteiger partial charge in [-0.15, -0.1) is 0 Å². The second-order valence-electron chi connectivity index (χ2n) is 6.54. The fourth-order valence-corrected chi connectivity index (χ4v) is 4.59. The van der Waals surface area contributed by atoms with Crippen molar-refractivity contribution in [1.82, 2.24) is 9.03 Å². The zero-order valence-corrected chi connectivity index (χ0v) is 17.0. The van der Waals surface area contributed by atoms with E-state index in [4.69, 9.17) is 14.2 Å². The van der Waals surface area contributed by atoms with E-state index in [2.05, 4.69) is 4.72 Å². The lowest BCUT2D eigenvalue weighted by molar-refractivity contribution is -0.143. The van der Waals surface area contributed by atoms with Crippen LogP contribution in [-0.2, 0) is 24.5 Å². The number of nitrogens with zero attached hydrogens (tertiary/aromatic N) is 1. The van der Waals surface area contributed by atoms with Gasteiger partial charge in [0.1, 0.15) is 5.75 Å². The third kappa shape index (κ3) is 6.17. The van der Waals surface area contributed by atoms with Crippen molar-refractivity contribution in [2.24, 2.45) is 0 Å². The summed E-state index contributed by atoms with van der Waals surface area (Å²) < 4.78 is 45.7.